The van der Waals surface area contributed by atoms with Crippen LogP contribution < -0.4 is 4.74 Å². The summed E-state index contributed by atoms with van der Waals surface area (Å²) in [5, 5.41) is 13.1. The third kappa shape index (κ3) is 1.27. The molecule has 18 heavy (non-hydrogen) atoms. The van der Waals surface area contributed by atoms with Crippen molar-refractivity contribution in [3.8, 4) is 5.75 Å². The lowest BCUT2D eigenvalue weighted by atomic mass is 9.79. The van der Waals surface area contributed by atoms with Gasteiger partial charge in [-0.3, -0.25) is 0 Å². The van der Waals surface area contributed by atoms with Gasteiger partial charge in [-0.1, -0.05) is 36.8 Å². The lowest BCUT2D eigenvalue weighted by Crippen LogP contribution is -2.40. The Labute approximate surface area is 106 Å². The molecule has 1 heterocycles. The molecule has 0 saturated heterocycles. The first-order valence-electron chi connectivity index (χ1n) is 6.71. The molecule has 1 N–H and O–H groups in total. The van der Waals surface area contributed by atoms with Crippen molar-refractivity contribution in [3.63, 3.8) is 0 Å². The zero-order chi connectivity index (χ0) is 12.2. The Morgan fingerprint density at radius 1 is 1.11 bits per heavy atom. The minimum atomic E-state index is -0.954. The average molecular weight is 240 g/mol. The Kier molecular flexibility index (Phi) is 2.01. The van der Waals surface area contributed by atoms with E-state index in [1.807, 2.05) is 6.07 Å². The normalized spacial score (nSPS) is 29.7. The summed E-state index contributed by atoms with van der Waals surface area (Å²) in [6.45, 7) is 0. The van der Waals surface area contributed by atoms with Gasteiger partial charge in [0.05, 0.1) is 5.92 Å². The Morgan fingerprint density at radius 2 is 2.00 bits per heavy atom. The molecule has 0 spiro atoms. The van der Waals surface area contributed by atoms with Gasteiger partial charge in [-0.05, 0) is 29.7 Å². The number of hydrogen-bond acceptors (Lipinski definition) is 2. The molecule has 2 aromatic rings. The number of fused-ring (bicyclic) bond motifs is 5. The monoisotopic (exact) mass is 240 g/mol. The van der Waals surface area contributed by atoms with E-state index in [2.05, 4.69) is 30.3 Å². The van der Waals surface area contributed by atoms with Crippen LogP contribution in [0.3, 0.4) is 0 Å². The number of ether oxygens (including phenoxy) is 1. The summed E-state index contributed by atoms with van der Waals surface area (Å²) >= 11 is 0. The van der Waals surface area contributed by atoms with Crippen LogP contribution in [0.2, 0.25) is 0 Å². The summed E-state index contributed by atoms with van der Waals surface area (Å²) < 4.78 is 5.86. The largest absolute Gasteiger partial charge is 0.462 e. The predicted octanol–water partition coefficient (Wildman–Crippen LogP) is 3.58. The van der Waals surface area contributed by atoms with Crippen LogP contribution in [0.25, 0.3) is 10.8 Å². The molecule has 2 aromatic carbocycles. The molecule has 0 bridgehead atoms. The highest BCUT2D eigenvalue weighted by molar-refractivity contribution is 5.89. The third-order valence-corrected chi connectivity index (χ3v) is 4.39. The van der Waals surface area contributed by atoms with Crippen molar-refractivity contribution in [1.82, 2.24) is 0 Å². The van der Waals surface area contributed by atoms with Gasteiger partial charge in [0.2, 0.25) is 5.79 Å². The molecule has 0 aromatic heterocycles. The highest BCUT2D eigenvalue weighted by atomic mass is 16.6. The van der Waals surface area contributed by atoms with E-state index in [-0.39, 0.29) is 5.92 Å². The third-order valence-electron chi connectivity index (χ3n) is 4.39. The van der Waals surface area contributed by atoms with E-state index in [1.165, 1.54) is 22.8 Å². The van der Waals surface area contributed by atoms with E-state index in [0.717, 1.165) is 25.0 Å². The van der Waals surface area contributed by atoms with Crippen molar-refractivity contribution >= 4 is 10.8 Å². The zero-order valence-electron chi connectivity index (χ0n) is 10.2. The fourth-order valence-corrected chi connectivity index (χ4v) is 3.53. The van der Waals surface area contributed by atoms with Gasteiger partial charge in [-0.15, -0.1) is 0 Å². The second-order valence-electron chi connectivity index (χ2n) is 5.44. The maximum Gasteiger partial charge on any atom is 0.215 e. The maximum absolute atomic E-state index is 10.7. The topological polar surface area (TPSA) is 29.5 Å². The van der Waals surface area contributed by atoms with Gasteiger partial charge in [0.25, 0.3) is 0 Å². The minimum Gasteiger partial charge on any atom is -0.462 e. The van der Waals surface area contributed by atoms with Crippen LogP contribution in [0, 0.1) is 0 Å². The van der Waals surface area contributed by atoms with E-state index in [0.29, 0.717) is 0 Å². The van der Waals surface area contributed by atoms with Gasteiger partial charge in [0.1, 0.15) is 5.75 Å². The van der Waals surface area contributed by atoms with Gasteiger partial charge in [0.15, 0.2) is 0 Å². The van der Waals surface area contributed by atoms with Crippen LogP contribution in [0.5, 0.6) is 5.75 Å². The van der Waals surface area contributed by atoms with E-state index in [1.54, 1.807) is 0 Å². The molecule has 2 aliphatic rings. The summed E-state index contributed by atoms with van der Waals surface area (Å²) in [6, 6.07) is 12.5. The molecule has 0 radical (unpaired) electrons. The molecule has 0 unspecified atom stereocenters. The Bertz CT molecular complexity index is 620. The Hall–Kier alpha value is -1.54. The molecule has 1 fully saturated rings. The van der Waals surface area contributed by atoms with Crippen molar-refractivity contribution in [3.05, 3.63) is 42.0 Å². The van der Waals surface area contributed by atoms with Crippen molar-refractivity contribution < 1.29 is 9.84 Å². The van der Waals surface area contributed by atoms with Crippen LogP contribution in [0.15, 0.2) is 36.4 Å². The molecular formula is C16H16O2. The van der Waals surface area contributed by atoms with Crippen LogP contribution in [0.4, 0.5) is 0 Å². The SMILES string of the molecule is O[C@]12CCCC[C@@H]1c1c(ccc3ccccc13)O2. The van der Waals surface area contributed by atoms with Gasteiger partial charge in [0, 0.05) is 12.0 Å². The molecule has 2 nitrogen and oxygen atoms in total. The molecule has 2 heteroatoms. The molecule has 2 atom stereocenters. The van der Waals surface area contributed by atoms with Gasteiger partial charge >= 0.3 is 0 Å². The molecule has 1 aliphatic heterocycles. The van der Waals surface area contributed by atoms with Crippen LogP contribution in [-0.2, 0) is 0 Å². The molecule has 0 amide bonds. The molecule has 1 saturated carbocycles. The van der Waals surface area contributed by atoms with Gasteiger partial charge in [-0.2, -0.15) is 0 Å². The lowest BCUT2D eigenvalue weighted by Gasteiger charge is -2.33. The highest BCUT2D eigenvalue weighted by Crippen LogP contribution is 2.52. The Balaban J connectivity index is 1.99. The zero-order valence-corrected chi connectivity index (χ0v) is 10.2. The fourth-order valence-electron chi connectivity index (χ4n) is 3.53. The first-order chi connectivity index (χ1) is 8.78. The highest BCUT2D eigenvalue weighted by Gasteiger charge is 2.48. The molecule has 4 rings (SSSR count). The van der Waals surface area contributed by atoms with Gasteiger partial charge in [-0.25, -0.2) is 0 Å². The minimum absolute atomic E-state index is 0.146. The summed E-state index contributed by atoms with van der Waals surface area (Å²) in [5.74, 6) is 0.0699. The predicted molar refractivity (Wildman–Crippen MR) is 70.7 cm³/mol. The summed E-state index contributed by atoms with van der Waals surface area (Å²) in [6.07, 6.45) is 4.01. The summed E-state index contributed by atoms with van der Waals surface area (Å²) in [4.78, 5) is 0. The maximum atomic E-state index is 10.7. The van der Waals surface area contributed by atoms with Crippen LogP contribution in [0.1, 0.15) is 37.2 Å². The Morgan fingerprint density at radius 3 is 2.94 bits per heavy atom. The number of aliphatic hydroxyl groups is 1. The summed E-state index contributed by atoms with van der Waals surface area (Å²) in [5.41, 5.74) is 1.22. The number of benzene rings is 2. The van der Waals surface area contributed by atoms with Gasteiger partial charge < -0.3 is 9.84 Å². The van der Waals surface area contributed by atoms with Crippen molar-refractivity contribution in [2.24, 2.45) is 0 Å². The number of hydrogen-bond donors (Lipinski definition) is 1. The average Bonchev–Trinajstić information content (AvgIpc) is 2.71. The first-order valence-corrected chi connectivity index (χ1v) is 6.71. The second kappa shape index (κ2) is 3.48. The fraction of sp³-hybridized carbons (Fsp3) is 0.375. The van der Waals surface area contributed by atoms with Crippen molar-refractivity contribution in [2.45, 2.75) is 37.4 Å². The van der Waals surface area contributed by atoms with Crippen molar-refractivity contribution in [2.75, 3.05) is 0 Å². The van der Waals surface area contributed by atoms with Crippen LogP contribution in [-0.4, -0.2) is 10.9 Å². The van der Waals surface area contributed by atoms with E-state index < -0.39 is 5.79 Å². The van der Waals surface area contributed by atoms with E-state index in [9.17, 15) is 5.11 Å². The quantitative estimate of drug-likeness (QED) is 0.762. The lowest BCUT2D eigenvalue weighted by molar-refractivity contribution is -0.156. The first kappa shape index (κ1) is 10.4. The number of rotatable bonds is 0. The molecule has 92 valence electrons. The smallest absolute Gasteiger partial charge is 0.215 e. The molecular weight excluding hydrogens is 224 g/mol. The van der Waals surface area contributed by atoms with E-state index in [4.69, 9.17) is 4.74 Å². The van der Waals surface area contributed by atoms with Crippen molar-refractivity contribution in [1.29, 1.82) is 0 Å². The van der Waals surface area contributed by atoms with E-state index >= 15 is 0 Å². The summed E-state index contributed by atoms with van der Waals surface area (Å²) in [7, 11) is 0. The molecule has 1 aliphatic carbocycles. The second-order valence-corrected chi connectivity index (χ2v) is 5.44. The standard InChI is InChI=1S/C16H16O2/c17-16-10-4-3-7-13(16)15-12-6-2-1-5-11(12)8-9-14(15)18-16/h1-2,5-6,8-9,13,17H,3-4,7,10H2/t13-,16+/m1/s1. The van der Waals surface area contributed by atoms with Crippen LogP contribution >= 0.6 is 0 Å².